The quantitative estimate of drug-likeness (QED) is 0.380. The predicted octanol–water partition coefficient (Wildman–Crippen LogP) is 5.29. The van der Waals surface area contributed by atoms with Gasteiger partial charge in [0.25, 0.3) is 5.91 Å². The number of hydrogen-bond acceptors (Lipinski definition) is 5. The second-order valence-electron chi connectivity index (χ2n) is 9.66. The van der Waals surface area contributed by atoms with Crippen LogP contribution in [0.25, 0.3) is 0 Å². The van der Waals surface area contributed by atoms with Gasteiger partial charge in [0.1, 0.15) is 5.82 Å². The maximum atomic E-state index is 16.0. The average Bonchev–Trinajstić information content (AvgIpc) is 3.62. The lowest BCUT2D eigenvalue weighted by atomic mass is 9.90. The minimum Gasteiger partial charge on any atom is -0.369 e. The number of ether oxygens (including phenoxy) is 1. The molecule has 7 nitrogen and oxygen atoms in total. The Kier molecular flexibility index (Phi) is 6.75. The molecule has 4 atom stereocenters. The van der Waals surface area contributed by atoms with Crippen LogP contribution in [-0.2, 0) is 15.3 Å². The van der Waals surface area contributed by atoms with Gasteiger partial charge in [-0.2, -0.15) is 0 Å². The van der Waals surface area contributed by atoms with Crippen LogP contribution in [0.5, 0.6) is 0 Å². The summed E-state index contributed by atoms with van der Waals surface area (Å²) in [7, 11) is 0. The van der Waals surface area contributed by atoms with E-state index in [0.29, 0.717) is 27.7 Å². The molecule has 1 fully saturated rings. The Bertz CT molecular complexity index is 1450. The monoisotopic (exact) mass is 555 g/mol. The highest BCUT2D eigenvalue weighted by molar-refractivity contribution is 6.30. The van der Waals surface area contributed by atoms with Gasteiger partial charge in [-0.05, 0) is 62.6 Å². The molecule has 5 rings (SSSR count). The molecule has 1 aromatic heterocycles. The van der Waals surface area contributed by atoms with Gasteiger partial charge in [0.15, 0.2) is 5.78 Å². The Morgan fingerprint density at radius 1 is 1.18 bits per heavy atom. The van der Waals surface area contributed by atoms with E-state index in [4.69, 9.17) is 33.7 Å². The Hall–Kier alpha value is -3.33. The lowest BCUT2D eigenvalue weighted by molar-refractivity contribution is -0.130. The minimum absolute atomic E-state index is 0.00760. The second-order valence-corrected chi connectivity index (χ2v) is 10.5. The number of halogens is 3. The number of carbonyl (C=O) groups is 3. The molecule has 196 valence electrons. The van der Waals surface area contributed by atoms with Gasteiger partial charge in [-0.15, -0.1) is 0 Å². The molecule has 0 bridgehead atoms. The number of carbonyl (C=O) groups excluding carboxylic acids is 3. The third kappa shape index (κ3) is 4.36. The van der Waals surface area contributed by atoms with Gasteiger partial charge in [0, 0.05) is 28.3 Å². The molecular weight excluding hydrogens is 532 g/mol. The maximum Gasteiger partial charge on any atom is 0.257 e. The highest BCUT2D eigenvalue weighted by Gasteiger charge is 2.57. The molecule has 2 unspecified atom stereocenters. The minimum atomic E-state index is -1.75. The number of Topliss-reactive ketones (excluding diaryl/α,β-unsaturated/α-hetero) is 1. The van der Waals surface area contributed by atoms with Gasteiger partial charge in [0.05, 0.1) is 34.5 Å². The van der Waals surface area contributed by atoms with Crippen LogP contribution in [0.3, 0.4) is 0 Å². The third-order valence-electron chi connectivity index (χ3n) is 7.22. The summed E-state index contributed by atoms with van der Waals surface area (Å²) in [5.74, 6) is -2.66. The normalized spacial score (nSPS) is 22.8. The van der Waals surface area contributed by atoms with Crippen LogP contribution in [0, 0.1) is 17.7 Å². The molecule has 1 aliphatic carbocycles. The van der Waals surface area contributed by atoms with Gasteiger partial charge >= 0.3 is 0 Å². The van der Waals surface area contributed by atoms with Crippen molar-refractivity contribution in [3.63, 3.8) is 0 Å². The Morgan fingerprint density at radius 2 is 1.87 bits per heavy atom. The molecule has 2 aromatic carbocycles. The number of pyridine rings is 1. The summed E-state index contributed by atoms with van der Waals surface area (Å²) in [5.41, 5.74) is 4.72. The van der Waals surface area contributed by atoms with E-state index < -0.39 is 29.4 Å². The number of rotatable bonds is 8. The first-order chi connectivity index (χ1) is 18.0. The standard InChI is InChI=1S/C28H24Cl2FN3O4/c1-14(24-8-7-20(30)12-33-24)34-27(37)22-9-16(15(2)35)11-23(31)25(22)28(34,18-3-5-19(29)6-4-18)38-13-17-10-21(17)26(32)36/h3-9,11-12,14,17,21H,10,13H2,1-2H3,(H2,32,36)/t14-,17?,21?,28+/m0/s1. The zero-order valence-electron chi connectivity index (χ0n) is 20.6. The van der Waals surface area contributed by atoms with E-state index in [-0.39, 0.29) is 40.9 Å². The third-order valence-corrected chi connectivity index (χ3v) is 7.70. The van der Waals surface area contributed by atoms with Gasteiger partial charge in [-0.3, -0.25) is 24.3 Å². The number of fused-ring (bicyclic) bond motifs is 1. The number of nitrogens with zero attached hydrogens (tertiary/aromatic N) is 2. The highest BCUT2D eigenvalue weighted by atomic mass is 35.5. The van der Waals surface area contributed by atoms with Gasteiger partial charge in [0.2, 0.25) is 11.6 Å². The first-order valence-corrected chi connectivity index (χ1v) is 12.8. The predicted molar refractivity (Wildman–Crippen MR) is 139 cm³/mol. The van der Waals surface area contributed by atoms with Gasteiger partial charge in [-0.25, -0.2) is 4.39 Å². The smallest absolute Gasteiger partial charge is 0.257 e. The number of benzene rings is 2. The SMILES string of the molecule is CC(=O)c1cc(F)c2c(c1)C(=O)N([C@@H](C)c1ccc(Cl)cn1)[C@@]2(OCC1CC1C(N)=O)c1ccc(Cl)cc1. The van der Waals surface area contributed by atoms with Gasteiger partial charge < -0.3 is 10.5 Å². The first kappa shape index (κ1) is 26.3. The van der Waals surface area contributed by atoms with Crippen LogP contribution < -0.4 is 5.73 Å². The van der Waals surface area contributed by atoms with Crippen LogP contribution >= 0.6 is 23.2 Å². The van der Waals surface area contributed by atoms with Crippen molar-refractivity contribution in [3.05, 3.63) is 98.5 Å². The van der Waals surface area contributed by atoms with E-state index in [9.17, 15) is 14.4 Å². The second kappa shape index (κ2) is 9.76. The van der Waals surface area contributed by atoms with Gasteiger partial charge in [-0.1, -0.05) is 35.3 Å². The Balaban J connectivity index is 1.74. The van der Waals surface area contributed by atoms with Crippen molar-refractivity contribution in [1.82, 2.24) is 9.88 Å². The van der Waals surface area contributed by atoms with E-state index in [0.717, 1.165) is 6.07 Å². The van der Waals surface area contributed by atoms with Crippen molar-refractivity contribution in [2.45, 2.75) is 32.0 Å². The fourth-order valence-electron chi connectivity index (χ4n) is 5.12. The molecule has 1 saturated carbocycles. The number of ketones is 1. The first-order valence-electron chi connectivity index (χ1n) is 12.0. The molecule has 38 heavy (non-hydrogen) atoms. The summed E-state index contributed by atoms with van der Waals surface area (Å²) in [4.78, 5) is 43.8. The molecule has 10 heteroatoms. The summed E-state index contributed by atoms with van der Waals surface area (Å²) in [6, 6.07) is 11.7. The largest absolute Gasteiger partial charge is 0.369 e. The van der Waals surface area contributed by atoms with E-state index in [2.05, 4.69) is 4.98 Å². The molecule has 2 aliphatic rings. The van der Waals surface area contributed by atoms with Crippen LogP contribution in [0.4, 0.5) is 4.39 Å². The molecule has 1 aliphatic heterocycles. The molecule has 2 amide bonds. The van der Waals surface area contributed by atoms with Crippen molar-refractivity contribution >= 4 is 40.8 Å². The average molecular weight is 556 g/mol. The van der Waals surface area contributed by atoms with Crippen molar-refractivity contribution in [2.24, 2.45) is 17.6 Å². The van der Waals surface area contributed by atoms with Crippen LogP contribution in [0.15, 0.2) is 54.7 Å². The summed E-state index contributed by atoms with van der Waals surface area (Å²) in [5, 5.41) is 0.858. The fraction of sp³-hybridized carbons (Fsp3) is 0.286. The molecule has 2 N–H and O–H groups in total. The lowest BCUT2D eigenvalue weighted by Crippen LogP contribution is -2.49. The number of amides is 2. The zero-order valence-corrected chi connectivity index (χ0v) is 22.1. The fourth-order valence-corrected chi connectivity index (χ4v) is 5.36. The lowest BCUT2D eigenvalue weighted by Gasteiger charge is -2.42. The highest BCUT2D eigenvalue weighted by Crippen LogP contribution is 2.52. The molecule has 0 radical (unpaired) electrons. The summed E-state index contributed by atoms with van der Waals surface area (Å²) >= 11 is 12.2. The molecular formula is C28H24Cl2FN3O4. The molecule has 0 saturated heterocycles. The summed E-state index contributed by atoms with van der Waals surface area (Å²) < 4.78 is 22.6. The summed E-state index contributed by atoms with van der Waals surface area (Å²) in [6.45, 7) is 3.09. The van der Waals surface area contributed by atoms with Crippen molar-refractivity contribution in [1.29, 1.82) is 0 Å². The van der Waals surface area contributed by atoms with Crippen molar-refractivity contribution in [3.8, 4) is 0 Å². The van der Waals surface area contributed by atoms with E-state index >= 15 is 4.39 Å². The van der Waals surface area contributed by atoms with Crippen LogP contribution in [0.1, 0.15) is 63.8 Å². The molecule has 3 aromatic rings. The van der Waals surface area contributed by atoms with Crippen molar-refractivity contribution in [2.75, 3.05) is 6.61 Å². The topological polar surface area (TPSA) is 103 Å². The zero-order chi connectivity index (χ0) is 27.4. The number of nitrogens with two attached hydrogens (primary N) is 1. The summed E-state index contributed by atoms with van der Waals surface area (Å²) in [6.07, 6.45) is 1.99. The Morgan fingerprint density at radius 3 is 2.45 bits per heavy atom. The maximum absolute atomic E-state index is 16.0. The number of aromatic nitrogens is 1. The molecule has 2 heterocycles. The van der Waals surface area contributed by atoms with E-state index in [1.54, 1.807) is 43.3 Å². The molecule has 0 spiro atoms. The van der Waals surface area contributed by atoms with Crippen LogP contribution in [-0.4, -0.2) is 34.1 Å². The number of primary amides is 1. The Labute approximate surface area is 228 Å². The van der Waals surface area contributed by atoms with Crippen LogP contribution in [0.2, 0.25) is 10.0 Å². The van der Waals surface area contributed by atoms with E-state index in [1.165, 1.54) is 24.1 Å². The van der Waals surface area contributed by atoms with E-state index in [1.807, 2.05) is 0 Å². The van der Waals surface area contributed by atoms with Crippen molar-refractivity contribution < 1.29 is 23.5 Å². The number of hydrogen-bond donors (Lipinski definition) is 1.